The molecule has 0 amide bonds. The lowest BCUT2D eigenvalue weighted by molar-refractivity contribution is 1.37. The zero-order chi connectivity index (χ0) is 29.3. The Balaban J connectivity index is 0.000000737. The molecule has 3 radical (unpaired) electrons. The van der Waals surface area contributed by atoms with Gasteiger partial charge in [0.25, 0.3) is 0 Å². The van der Waals surface area contributed by atoms with Gasteiger partial charge in [-0.3, -0.25) is 0 Å². The van der Waals surface area contributed by atoms with Crippen LogP contribution in [0.1, 0.15) is 19.4 Å². The van der Waals surface area contributed by atoms with Crippen LogP contribution in [0.25, 0.3) is 38.2 Å². The summed E-state index contributed by atoms with van der Waals surface area (Å²) in [4.78, 5) is 0. The van der Waals surface area contributed by atoms with Crippen molar-refractivity contribution in [3.63, 3.8) is 0 Å². The first-order valence-corrected chi connectivity index (χ1v) is 13.4. The van der Waals surface area contributed by atoms with Crippen molar-refractivity contribution < 1.29 is 0 Å². The van der Waals surface area contributed by atoms with E-state index in [1.165, 1.54) is 50.6 Å². The van der Waals surface area contributed by atoms with Crippen LogP contribution in [0.5, 0.6) is 0 Å². The summed E-state index contributed by atoms with van der Waals surface area (Å²) < 4.78 is 0. The molecule has 197 valence electrons. The molecule has 5 aromatic carbocycles. The molecule has 0 saturated heterocycles. The van der Waals surface area contributed by atoms with Gasteiger partial charge in [-0.25, -0.2) is 0 Å². The Hall–Kier alpha value is -4.41. The predicted octanol–water partition coefficient (Wildman–Crippen LogP) is 10.3. The zero-order valence-corrected chi connectivity index (χ0v) is 24.4. The number of terminal acetylenes is 1. The number of nitrogens with one attached hydrogen (secondary N) is 1. The van der Waals surface area contributed by atoms with Gasteiger partial charge in [0.2, 0.25) is 0 Å². The molecular formula is C37H38B2N. The smallest absolute Gasteiger partial charge is 0.102 e. The zero-order valence-electron chi connectivity index (χ0n) is 24.4. The van der Waals surface area contributed by atoms with E-state index < -0.39 is 0 Å². The van der Waals surface area contributed by atoms with Crippen LogP contribution in [-0.4, -0.2) is 15.1 Å². The van der Waals surface area contributed by atoms with Gasteiger partial charge in [0.05, 0.1) is 7.85 Å². The number of rotatable bonds is 5. The first-order valence-electron chi connectivity index (χ1n) is 13.4. The minimum atomic E-state index is 1.09. The van der Waals surface area contributed by atoms with Gasteiger partial charge in [-0.15, -0.1) is 12.8 Å². The summed E-state index contributed by atoms with van der Waals surface area (Å²) >= 11 is 0. The number of hydrogen-bond acceptors (Lipinski definition) is 1. The Morgan fingerprint density at radius 1 is 0.650 bits per heavy atom. The monoisotopic (exact) mass is 518 g/mol. The molecule has 0 aliphatic rings. The van der Waals surface area contributed by atoms with Gasteiger partial charge >= 0.3 is 0 Å². The second-order valence-electron chi connectivity index (χ2n) is 9.03. The Labute approximate surface area is 243 Å². The van der Waals surface area contributed by atoms with Crippen molar-refractivity contribution in [1.29, 1.82) is 0 Å². The van der Waals surface area contributed by atoms with E-state index in [2.05, 4.69) is 161 Å². The lowest BCUT2D eigenvalue weighted by atomic mass is 9.88. The highest BCUT2D eigenvalue weighted by Crippen LogP contribution is 2.30. The standard InChI is InChI=1S/C32H27N.C2H6B.C2H2.CH3B/c1-23(29-15-7-11-25-9-3-5-13-30(25)29)17-18-24(2)33-28-21-19-27(20-22-28)32-16-8-12-26-10-4-6-14-31(26)32;1-3-2;2*1-2/h3-22,33H,1-2H3;1-2H3;1-2H;1H3/b23-17+,24-18+;;;. The van der Waals surface area contributed by atoms with Crippen LogP contribution in [0.3, 0.4) is 0 Å². The van der Waals surface area contributed by atoms with Gasteiger partial charge in [-0.2, -0.15) is 0 Å². The van der Waals surface area contributed by atoms with Crippen LogP contribution in [0.4, 0.5) is 5.69 Å². The maximum atomic E-state index is 4.50. The van der Waals surface area contributed by atoms with Gasteiger partial charge in [0.15, 0.2) is 0 Å². The summed E-state index contributed by atoms with van der Waals surface area (Å²) in [6.07, 6.45) is 12.3. The van der Waals surface area contributed by atoms with Crippen LogP contribution < -0.4 is 5.32 Å². The quantitative estimate of drug-likeness (QED) is 0.139. The lowest BCUT2D eigenvalue weighted by Gasteiger charge is -2.10. The third kappa shape index (κ3) is 8.55. The fourth-order valence-electron chi connectivity index (χ4n) is 4.39. The first-order chi connectivity index (χ1) is 19.6. The molecule has 5 rings (SSSR count). The average molecular weight is 518 g/mol. The van der Waals surface area contributed by atoms with Crippen molar-refractivity contribution in [3.8, 4) is 24.0 Å². The van der Waals surface area contributed by atoms with Crippen molar-refractivity contribution >= 4 is 47.9 Å². The second-order valence-corrected chi connectivity index (χ2v) is 9.03. The van der Waals surface area contributed by atoms with Crippen LogP contribution in [0.2, 0.25) is 20.5 Å². The topological polar surface area (TPSA) is 12.0 Å². The first kappa shape index (κ1) is 31.8. The van der Waals surface area contributed by atoms with E-state index >= 15 is 0 Å². The van der Waals surface area contributed by atoms with Crippen molar-refractivity contribution in [1.82, 2.24) is 0 Å². The third-order valence-corrected chi connectivity index (χ3v) is 6.12. The van der Waals surface area contributed by atoms with Gasteiger partial charge < -0.3 is 5.32 Å². The molecule has 0 heterocycles. The van der Waals surface area contributed by atoms with Crippen LogP contribution in [0, 0.1) is 12.8 Å². The Morgan fingerprint density at radius 2 is 1.15 bits per heavy atom. The van der Waals surface area contributed by atoms with Crippen molar-refractivity contribution in [2.75, 3.05) is 5.32 Å². The van der Waals surface area contributed by atoms with E-state index in [9.17, 15) is 0 Å². The Morgan fingerprint density at radius 3 is 1.77 bits per heavy atom. The highest BCUT2D eigenvalue weighted by Gasteiger charge is 2.04. The largest absolute Gasteiger partial charge is 0.359 e. The van der Waals surface area contributed by atoms with Gasteiger partial charge in [-0.1, -0.05) is 124 Å². The maximum absolute atomic E-state index is 4.50. The minimum Gasteiger partial charge on any atom is -0.359 e. The molecule has 1 N–H and O–H groups in total. The fraction of sp³-hybridized carbons (Fsp3) is 0.135. The number of anilines is 1. The summed E-state index contributed by atoms with van der Waals surface area (Å²) in [5, 5.41) is 8.63. The van der Waals surface area contributed by atoms with E-state index in [0.29, 0.717) is 0 Å². The normalized spacial score (nSPS) is 10.7. The van der Waals surface area contributed by atoms with Gasteiger partial charge in [-0.05, 0) is 75.9 Å². The Bertz CT molecular complexity index is 1550. The minimum absolute atomic E-state index is 1.09. The van der Waals surface area contributed by atoms with Crippen LogP contribution in [0.15, 0.2) is 127 Å². The molecule has 0 fully saturated rings. The number of fused-ring (bicyclic) bond motifs is 2. The van der Waals surface area contributed by atoms with Gasteiger partial charge in [0, 0.05) is 11.4 Å². The highest BCUT2D eigenvalue weighted by molar-refractivity contribution is 6.31. The van der Waals surface area contributed by atoms with E-state index in [4.69, 9.17) is 0 Å². The highest BCUT2D eigenvalue weighted by atomic mass is 14.9. The molecule has 0 spiro atoms. The van der Waals surface area contributed by atoms with E-state index in [1.54, 1.807) is 0 Å². The molecule has 0 unspecified atom stereocenters. The van der Waals surface area contributed by atoms with Crippen LogP contribution in [-0.2, 0) is 0 Å². The van der Waals surface area contributed by atoms with E-state index in [1.807, 2.05) is 20.9 Å². The van der Waals surface area contributed by atoms with E-state index in [0.717, 1.165) is 11.4 Å². The lowest BCUT2D eigenvalue weighted by Crippen LogP contribution is -1.95. The maximum Gasteiger partial charge on any atom is 0.102 e. The van der Waals surface area contributed by atoms with Crippen molar-refractivity contribution in [2.24, 2.45) is 0 Å². The Kier molecular flexibility index (Phi) is 13.7. The molecule has 40 heavy (non-hydrogen) atoms. The molecule has 0 saturated carbocycles. The molecule has 0 aliphatic heterocycles. The summed E-state index contributed by atoms with van der Waals surface area (Å²) in [6, 6.07) is 38.7. The fourth-order valence-corrected chi connectivity index (χ4v) is 4.39. The predicted molar refractivity (Wildman–Crippen MR) is 183 cm³/mol. The molecule has 5 aromatic rings. The SMILES string of the molecule is C#C.C/C(=C\C=C(/C)c1cccc2ccccc12)Nc1ccc(-c2cccc3ccccc23)cc1.C[B]C.[B]C. The molecule has 0 aliphatic carbocycles. The molecular weight excluding hydrogens is 480 g/mol. The summed E-state index contributed by atoms with van der Waals surface area (Å²) in [5.41, 5.74) is 7.21. The molecule has 0 atom stereocenters. The molecule has 0 bridgehead atoms. The van der Waals surface area contributed by atoms with Gasteiger partial charge in [0.1, 0.15) is 7.28 Å². The average Bonchev–Trinajstić information content (AvgIpc) is 3.02. The van der Waals surface area contributed by atoms with Crippen molar-refractivity contribution in [2.45, 2.75) is 34.3 Å². The van der Waals surface area contributed by atoms with Crippen LogP contribution >= 0.6 is 0 Å². The number of hydrogen-bond donors (Lipinski definition) is 1. The number of benzene rings is 5. The number of allylic oxidation sites excluding steroid dienone is 4. The molecule has 0 aromatic heterocycles. The summed E-state index contributed by atoms with van der Waals surface area (Å²) in [6.45, 7) is 9.77. The molecule has 1 nitrogen and oxygen atoms in total. The van der Waals surface area contributed by atoms with Crippen molar-refractivity contribution in [3.05, 3.63) is 133 Å². The summed E-state index contributed by atoms with van der Waals surface area (Å²) in [5.74, 6) is 0. The third-order valence-electron chi connectivity index (χ3n) is 6.12. The molecule has 3 heteroatoms. The summed E-state index contributed by atoms with van der Waals surface area (Å²) in [7, 11) is 6.50. The second kappa shape index (κ2) is 17.2. The van der Waals surface area contributed by atoms with E-state index in [-0.39, 0.29) is 0 Å².